The number of pyridine rings is 1. The molecule has 7 nitrogen and oxygen atoms in total. The smallest absolute Gasteiger partial charge is 0.263 e. The molecule has 2 aliphatic rings. The lowest BCUT2D eigenvalue weighted by molar-refractivity contribution is 0.0921. The first kappa shape index (κ1) is 19.8. The Morgan fingerprint density at radius 1 is 1.03 bits per heavy atom. The second-order valence-corrected chi connectivity index (χ2v) is 9.72. The number of sulfonamides is 1. The number of rotatable bonds is 5. The first-order chi connectivity index (χ1) is 13.9. The van der Waals surface area contributed by atoms with E-state index in [2.05, 4.69) is 5.32 Å². The van der Waals surface area contributed by atoms with Gasteiger partial charge in [-0.1, -0.05) is 18.2 Å². The Hall–Kier alpha value is -2.45. The van der Waals surface area contributed by atoms with Crippen LogP contribution in [-0.4, -0.2) is 42.3 Å². The number of aromatic nitrogens is 1. The first-order valence-electron chi connectivity index (χ1n) is 9.96. The van der Waals surface area contributed by atoms with Crippen molar-refractivity contribution in [3.63, 3.8) is 0 Å². The number of nitrogens with one attached hydrogen (secondary N) is 1. The van der Waals surface area contributed by atoms with E-state index in [4.69, 9.17) is 0 Å². The molecule has 1 aliphatic carbocycles. The molecule has 0 unspecified atom stereocenters. The molecule has 2 aromatic rings. The summed E-state index contributed by atoms with van der Waals surface area (Å²) < 4.78 is 28.6. The van der Waals surface area contributed by atoms with Crippen LogP contribution < -0.4 is 10.9 Å². The average molecular weight is 416 g/mol. The van der Waals surface area contributed by atoms with Gasteiger partial charge < -0.3 is 9.88 Å². The number of carbonyl (C=O) groups is 1. The van der Waals surface area contributed by atoms with Crippen molar-refractivity contribution in [2.75, 3.05) is 13.1 Å². The number of aryl methyl sites for hydroxylation is 1. The summed E-state index contributed by atoms with van der Waals surface area (Å²) in [6.45, 7) is 2.44. The molecule has 1 aliphatic heterocycles. The van der Waals surface area contributed by atoms with E-state index in [1.54, 1.807) is 48.0 Å². The summed E-state index contributed by atoms with van der Waals surface area (Å²) in [5, 5.41) is 2.94. The summed E-state index contributed by atoms with van der Waals surface area (Å²) in [6, 6.07) is 10.2. The van der Waals surface area contributed by atoms with Gasteiger partial charge in [-0.3, -0.25) is 9.59 Å². The van der Waals surface area contributed by atoms with Crippen LogP contribution >= 0.6 is 0 Å². The van der Waals surface area contributed by atoms with Crippen LogP contribution in [0.25, 0.3) is 0 Å². The maximum atomic E-state index is 12.8. The minimum absolute atomic E-state index is 0.155. The van der Waals surface area contributed by atoms with Crippen molar-refractivity contribution in [2.45, 2.75) is 49.6 Å². The zero-order valence-corrected chi connectivity index (χ0v) is 17.2. The van der Waals surface area contributed by atoms with Crippen LogP contribution in [0.4, 0.5) is 0 Å². The number of benzene rings is 1. The fourth-order valence-corrected chi connectivity index (χ4v) is 5.29. The van der Waals surface area contributed by atoms with Gasteiger partial charge in [-0.05, 0) is 56.4 Å². The van der Waals surface area contributed by atoms with Crippen LogP contribution in [0.5, 0.6) is 0 Å². The number of hydrogen-bond donors (Lipinski definition) is 1. The van der Waals surface area contributed by atoms with E-state index in [0.29, 0.717) is 31.5 Å². The average Bonchev–Trinajstić information content (AvgIpc) is 3.54. The molecule has 1 saturated heterocycles. The van der Waals surface area contributed by atoms with Gasteiger partial charge in [-0.2, -0.15) is 4.31 Å². The highest BCUT2D eigenvalue weighted by Crippen LogP contribution is 2.33. The number of carbonyl (C=O) groups excluding carboxylic acids is 1. The van der Waals surface area contributed by atoms with Gasteiger partial charge in [-0.25, -0.2) is 8.42 Å². The number of hydrogen-bond acceptors (Lipinski definition) is 4. The number of nitrogens with zero attached hydrogens (tertiary/aromatic N) is 2. The second-order valence-electron chi connectivity index (χ2n) is 7.78. The van der Waals surface area contributed by atoms with Crippen molar-refractivity contribution in [3.05, 3.63) is 64.1 Å². The van der Waals surface area contributed by atoms with Crippen LogP contribution in [0.3, 0.4) is 0 Å². The normalized spacial score (nSPS) is 18.5. The van der Waals surface area contributed by atoms with Crippen molar-refractivity contribution in [1.29, 1.82) is 0 Å². The van der Waals surface area contributed by atoms with Gasteiger partial charge in [0.25, 0.3) is 11.5 Å². The molecule has 29 heavy (non-hydrogen) atoms. The molecule has 2 heterocycles. The molecule has 4 rings (SSSR count). The van der Waals surface area contributed by atoms with Crippen LogP contribution in [0.2, 0.25) is 0 Å². The van der Waals surface area contributed by atoms with Crippen molar-refractivity contribution in [3.8, 4) is 0 Å². The van der Waals surface area contributed by atoms with Crippen molar-refractivity contribution in [1.82, 2.24) is 14.2 Å². The van der Waals surface area contributed by atoms with Gasteiger partial charge >= 0.3 is 0 Å². The maximum Gasteiger partial charge on any atom is 0.263 e. The summed E-state index contributed by atoms with van der Waals surface area (Å²) in [5.74, 6) is -0.369. The van der Waals surface area contributed by atoms with E-state index in [1.807, 2.05) is 6.07 Å². The summed E-state index contributed by atoms with van der Waals surface area (Å²) in [7, 11) is -3.52. The highest BCUT2D eigenvalue weighted by Gasteiger charge is 2.31. The van der Waals surface area contributed by atoms with Crippen molar-refractivity contribution in [2.24, 2.45) is 0 Å². The third-order valence-electron chi connectivity index (χ3n) is 5.67. The number of piperidine rings is 1. The van der Waals surface area contributed by atoms with Crippen LogP contribution in [-0.2, 0) is 10.0 Å². The van der Waals surface area contributed by atoms with E-state index in [0.717, 1.165) is 12.8 Å². The molecule has 0 spiro atoms. The minimum Gasteiger partial charge on any atom is -0.349 e. The molecule has 1 saturated carbocycles. The summed E-state index contributed by atoms with van der Waals surface area (Å²) >= 11 is 0. The lowest BCUT2D eigenvalue weighted by atomic mass is 10.1. The Kier molecular flexibility index (Phi) is 5.31. The maximum absolute atomic E-state index is 12.8. The molecule has 1 aromatic heterocycles. The van der Waals surface area contributed by atoms with Crippen LogP contribution in [0, 0.1) is 6.92 Å². The highest BCUT2D eigenvalue weighted by atomic mass is 32.2. The largest absolute Gasteiger partial charge is 0.349 e. The van der Waals surface area contributed by atoms with Gasteiger partial charge in [0.2, 0.25) is 10.0 Å². The summed E-state index contributed by atoms with van der Waals surface area (Å²) in [5.41, 5.74) is 0.612. The van der Waals surface area contributed by atoms with Crippen LogP contribution in [0.1, 0.15) is 47.6 Å². The molecule has 0 radical (unpaired) electrons. The molecule has 8 heteroatoms. The molecule has 1 N–H and O–H groups in total. The predicted molar refractivity (Wildman–Crippen MR) is 109 cm³/mol. The molecular weight excluding hydrogens is 390 g/mol. The van der Waals surface area contributed by atoms with E-state index in [1.165, 1.54) is 4.31 Å². The molecule has 2 fully saturated rings. The molecule has 1 amide bonds. The van der Waals surface area contributed by atoms with Gasteiger partial charge in [0.05, 0.1) is 4.90 Å². The summed E-state index contributed by atoms with van der Waals surface area (Å²) in [4.78, 5) is 25.8. The standard InChI is InChI=1S/C21H25N3O4S/c1-15-9-14-24(17-7-8-17)21(26)19(15)20(25)22-16-10-12-23(13-11-16)29(27,28)18-5-3-2-4-6-18/h2-6,9,14,16-17H,7-8,10-13H2,1H3,(H,22,25). The third kappa shape index (κ3) is 4.00. The molecule has 1 aromatic carbocycles. The first-order valence-corrected chi connectivity index (χ1v) is 11.4. The lowest BCUT2D eigenvalue weighted by Crippen LogP contribution is -2.47. The van der Waals surface area contributed by atoms with Crippen LogP contribution in [0.15, 0.2) is 52.3 Å². The molecule has 154 valence electrons. The topological polar surface area (TPSA) is 88.5 Å². The third-order valence-corrected chi connectivity index (χ3v) is 7.58. The quantitative estimate of drug-likeness (QED) is 0.810. The molecule has 0 bridgehead atoms. The van der Waals surface area contributed by atoms with Gasteiger partial charge in [0, 0.05) is 31.4 Å². The molecular formula is C21H25N3O4S. The highest BCUT2D eigenvalue weighted by molar-refractivity contribution is 7.89. The fraction of sp³-hybridized carbons (Fsp3) is 0.429. The van der Waals surface area contributed by atoms with Crippen molar-refractivity contribution >= 4 is 15.9 Å². The molecule has 0 atom stereocenters. The Morgan fingerprint density at radius 3 is 2.31 bits per heavy atom. The fourth-order valence-electron chi connectivity index (χ4n) is 3.80. The van der Waals surface area contributed by atoms with Crippen molar-refractivity contribution < 1.29 is 13.2 Å². The Labute approximate surface area is 170 Å². The zero-order valence-electron chi connectivity index (χ0n) is 16.4. The second kappa shape index (κ2) is 7.76. The van der Waals surface area contributed by atoms with E-state index in [9.17, 15) is 18.0 Å². The predicted octanol–water partition coefficient (Wildman–Crippen LogP) is 2.07. The minimum atomic E-state index is -3.52. The van der Waals surface area contributed by atoms with Gasteiger partial charge in [0.1, 0.15) is 5.56 Å². The zero-order chi connectivity index (χ0) is 20.6. The Bertz CT molecular complexity index is 1070. The monoisotopic (exact) mass is 415 g/mol. The van der Waals surface area contributed by atoms with Gasteiger partial charge in [-0.15, -0.1) is 0 Å². The Balaban J connectivity index is 1.42. The van der Waals surface area contributed by atoms with E-state index < -0.39 is 10.0 Å². The van der Waals surface area contributed by atoms with Gasteiger partial charge in [0.15, 0.2) is 0 Å². The van der Waals surface area contributed by atoms with E-state index >= 15 is 0 Å². The summed E-state index contributed by atoms with van der Waals surface area (Å²) in [6.07, 6.45) is 4.73. The SMILES string of the molecule is Cc1ccn(C2CC2)c(=O)c1C(=O)NC1CCN(S(=O)(=O)c2ccccc2)CC1. The number of amides is 1. The Morgan fingerprint density at radius 2 is 1.69 bits per heavy atom. The lowest BCUT2D eigenvalue weighted by Gasteiger charge is -2.31. The van der Waals surface area contributed by atoms with E-state index in [-0.39, 0.29) is 34.0 Å².